The maximum Gasteiger partial charge on any atom is 0.244 e. The lowest BCUT2D eigenvalue weighted by atomic mass is 10.2. The number of anilines is 1. The number of hydrogen-bond acceptors (Lipinski definition) is 3. The van der Waals surface area contributed by atoms with E-state index in [1.165, 1.54) is 0 Å². The Morgan fingerprint density at radius 2 is 2.12 bits per heavy atom. The Balaban J connectivity index is 1.88. The van der Waals surface area contributed by atoms with Crippen LogP contribution in [0.3, 0.4) is 0 Å². The van der Waals surface area contributed by atoms with Gasteiger partial charge in [-0.05, 0) is 25.0 Å². The molecule has 86 valence electrons. The Bertz CT molecular complexity index is 590. The largest absolute Gasteiger partial charge is 0.323 e. The molecule has 3 N–H and O–H groups in total. The molecular weight excluding hydrogens is 214 g/mol. The number of benzene rings is 1. The quantitative estimate of drug-likeness (QED) is 0.820. The highest BCUT2D eigenvalue weighted by molar-refractivity contribution is 6.00. The molecule has 0 atom stereocenters. The van der Waals surface area contributed by atoms with Crippen molar-refractivity contribution in [2.75, 3.05) is 5.32 Å². The van der Waals surface area contributed by atoms with Crippen LogP contribution < -0.4 is 11.1 Å². The first kappa shape index (κ1) is 10.2. The zero-order valence-electron chi connectivity index (χ0n) is 9.31. The summed E-state index contributed by atoms with van der Waals surface area (Å²) in [5, 5.41) is 3.82. The van der Waals surface area contributed by atoms with Crippen molar-refractivity contribution in [1.29, 1.82) is 0 Å². The number of aromatic nitrogens is 1. The summed E-state index contributed by atoms with van der Waals surface area (Å²) in [6, 6.07) is 9.69. The summed E-state index contributed by atoms with van der Waals surface area (Å²) in [7, 11) is 0. The minimum Gasteiger partial charge on any atom is -0.323 e. The average molecular weight is 227 g/mol. The number of rotatable bonds is 2. The van der Waals surface area contributed by atoms with E-state index in [9.17, 15) is 4.79 Å². The summed E-state index contributed by atoms with van der Waals surface area (Å²) in [5.74, 6) is -0.116. The van der Waals surface area contributed by atoms with Gasteiger partial charge in [0.1, 0.15) is 0 Å². The molecule has 3 rings (SSSR count). The molecule has 4 heteroatoms. The van der Waals surface area contributed by atoms with Gasteiger partial charge in [-0.15, -0.1) is 0 Å². The van der Waals surface area contributed by atoms with Gasteiger partial charge >= 0.3 is 0 Å². The minimum absolute atomic E-state index is 0.116. The first-order chi connectivity index (χ1) is 8.17. The van der Waals surface area contributed by atoms with Crippen LogP contribution in [0.15, 0.2) is 36.5 Å². The van der Waals surface area contributed by atoms with Crippen LogP contribution in [0.2, 0.25) is 0 Å². The lowest BCUT2D eigenvalue weighted by Crippen LogP contribution is -2.37. The molecule has 0 radical (unpaired) electrons. The van der Waals surface area contributed by atoms with Crippen LogP contribution in [0.25, 0.3) is 10.9 Å². The molecule has 1 aliphatic carbocycles. The molecule has 0 spiro atoms. The highest BCUT2D eigenvalue weighted by Crippen LogP contribution is 2.33. The number of amides is 1. The van der Waals surface area contributed by atoms with E-state index in [1.807, 2.05) is 30.3 Å². The molecule has 1 aliphatic rings. The molecule has 0 bridgehead atoms. The average Bonchev–Trinajstić information content (AvgIpc) is 3.09. The summed E-state index contributed by atoms with van der Waals surface area (Å²) in [6.07, 6.45) is 3.19. The summed E-state index contributed by atoms with van der Waals surface area (Å²) in [4.78, 5) is 16.0. The van der Waals surface area contributed by atoms with Gasteiger partial charge in [0.15, 0.2) is 0 Å². The fourth-order valence-electron chi connectivity index (χ4n) is 1.76. The normalized spacial score (nSPS) is 16.8. The van der Waals surface area contributed by atoms with Crippen LogP contribution in [0.5, 0.6) is 0 Å². The second-order valence-corrected chi connectivity index (χ2v) is 4.53. The Morgan fingerprint density at radius 1 is 1.35 bits per heavy atom. The molecule has 17 heavy (non-hydrogen) atoms. The number of carbonyl (C=O) groups excluding carboxylic acids is 1. The maximum absolute atomic E-state index is 11.8. The van der Waals surface area contributed by atoms with Crippen LogP contribution >= 0.6 is 0 Å². The Kier molecular flexibility index (Phi) is 2.12. The summed E-state index contributed by atoms with van der Waals surface area (Å²) >= 11 is 0. The van der Waals surface area contributed by atoms with E-state index in [0.717, 1.165) is 23.7 Å². The second kappa shape index (κ2) is 3.53. The minimum atomic E-state index is -0.647. The molecule has 4 nitrogen and oxygen atoms in total. The fourth-order valence-corrected chi connectivity index (χ4v) is 1.76. The van der Waals surface area contributed by atoms with Crippen molar-refractivity contribution in [3.05, 3.63) is 36.5 Å². The summed E-state index contributed by atoms with van der Waals surface area (Å²) in [6.45, 7) is 0. The van der Waals surface area contributed by atoms with Gasteiger partial charge in [-0.2, -0.15) is 0 Å². The topological polar surface area (TPSA) is 68.0 Å². The standard InChI is InChI=1S/C13H13N3O/c14-13(5-6-13)12(17)16-10-7-9-3-1-2-4-11(9)15-8-10/h1-4,7-8H,5-6,14H2,(H,16,17). The summed E-state index contributed by atoms with van der Waals surface area (Å²) in [5.41, 5.74) is 6.79. The molecule has 1 heterocycles. The van der Waals surface area contributed by atoms with E-state index in [2.05, 4.69) is 10.3 Å². The van der Waals surface area contributed by atoms with Gasteiger partial charge in [-0.25, -0.2) is 0 Å². The predicted octanol–water partition coefficient (Wildman–Crippen LogP) is 1.66. The molecule has 0 aliphatic heterocycles. The third-order valence-corrected chi connectivity index (χ3v) is 3.09. The number of nitrogens with two attached hydrogens (primary N) is 1. The van der Waals surface area contributed by atoms with Crippen LogP contribution in [0.4, 0.5) is 5.69 Å². The lowest BCUT2D eigenvalue weighted by molar-refractivity contribution is -0.118. The van der Waals surface area contributed by atoms with Crippen molar-refractivity contribution < 1.29 is 4.79 Å². The van der Waals surface area contributed by atoms with Gasteiger partial charge in [0, 0.05) is 5.39 Å². The van der Waals surface area contributed by atoms with Crippen molar-refractivity contribution in [3.8, 4) is 0 Å². The number of pyridine rings is 1. The van der Waals surface area contributed by atoms with Crippen molar-refractivity contribution in [2.45, 2.75) is 18.4 Å². The van der Waals surface area contributed by atoms with Crippen LogP contribution in [0.1, 0.15) is 12.8 Å². The van der Waals surface area contributed by atoms with E-state index in [0.29, 0.717) is 5.69 Å². The number of carbonyl (C=O) groups is 1. The van der Waals surface area contributed by atoms with E-state index in [-0.39, 0.29) is 5.91 Å². The molecule has 1 saturated carbocycles. The van der Waals surface area contributed by atoms with E-state index in [4.69, 9.17) is 5.73 Å². The number of fused-ring (bicyclic) bond motifs is 1. The highest BCUT2D eigenvalue weighted by atomic mass is 16.2. The number of para-hydroxylation sites is 1. The summed E-state index contributed by atoms with van der Waals surface area (Å²) < 4.78 is 0. The zero-order chi connectivity index (χ0) is 11.9. The zero-order valence-corrected chi connectivity index (χ0v) is 9.31. The van der Waals surface area contributed by atoms with Crippen LogP contribution in [0, 0.1) is 0 Å². The van der Waals surface area contributed by atoms with Gasteiger partial charge in [-0.3, -0.25) is 9.78 Å². The molecule has 1 amide bonds. The number of nitrogens with one attached hydrogen (secondary N) is 1. The first-order valence-electron chi connectivity index (χ1n) is 5.63. The van der Waals surface area contributed by atoms with Gasteiger partial charge < -0.3 is 11.1 Å². The molecule has 1 aromatic carbocycles. The molecule has 0 unspecified atom stereocenters. The molecule has 2 aromatic rings. The van der Waals surface area contributed by atoms with E-state index >= 15 is 0 Å². The van der Waals surface area contributed by atoms with Crippen molar-refractivity contribution >= 4 is 22.5 Å². The van der Waals surface area contributed by atoms with E-state index < -0.39 is 5.54 Å². The molecule has 0 saturated heterocycles. The number of nitrogens with zero attached hydrogens (tertiary/aromatic N) is 1. The van der Waals surface area contributed by atoms with Crippen molar-refractivity contribution in [1.82, 2.24) is 4.98 Å². The van der Waals surface area contributed by atoms with Gasteiger partial charge in [0.05, 0.1) is 22.9 Å². The second-order valence-electron chi connectivity index (χ2n) is 4.53. The number of hydrogen-bond donors (Lipinski definition) is 2. The van der Waals surface area contributed by atoms with Crippen molar-refractivity contribution in [2.24, 2.45) is 5.73 Å². The highest BCUT2D eigenvalue weighted by Gasteiger charge is 2.45. The monoisotopic (exact) mass is 227 g/mol. The lowest BCUT2D eigenvalue weighted by Gasteiger charge is -2.10. The Labute approximate surface area is 98.8 Å². The Hall–Kier alpha value is -1.94. The predicted molar refractivity (Wildman–Crippen MR) is 66.5 cm³/mol. The SMILES string of the molecule is NC1(C(=O)Nc2cnc3ccccc3c2)CC1. The maximum atomic E-state index is 11.8. The molecule has 1 aromatic heterocycles. The third-order valence-electron chi connectivity index (χ3n) is 3.09. The van der Waals surface area contributed by atoms with Crippen molar-refractivity contribution in [3.63, 3.8) is 0 Å². The van der Waals surface area contributed by atoms with E-state index in [1.54, 1.807) is 6.20 Å². The smallest absolute Gasteiger partial charge is 0.244 e. The molecule has 1 fully saturated rings. The molecular formula is C13H13N3O. The Morgan fingerprint density at radius 3 is 2.88 bits per heavy atom. The first-order valence-corrected chi connectivity index (χ1v) is 5.63. The van der Waals surface area contributed by atoms with Crippen LogP contribution in [-0.4, -0.2) is 16.4 Å². The fraction of sp³-hybridized carbons (Fsp3) is 0.231. The van der Waals surface area contributed by atoms with Crippen LogP contribution in [-0.2, 0) is 4.79 Å². The van der Waals surface area contributed by atoms with Gasteiger partial charge in [0.25, 0.3) is 0 Å². The third kappa shape index (κ3) is 1.87. The van der Waals surface area contributed by atoms with Gasteiger partial charge in [0.2, 0.25) is 5.91 Å². The van der Waals surface area contributed by atoms with Gasteiger partial charge in [-0.1, -0.05) is 18.2 Å².